The summed E-state index contributed by atoms with van der Waals surface area (Å²) in [6.07, 6.45) is 0.513. The van der Waals surface area contributed by atoms with Gasteiger partial charge in [0.05, 0.1) is 17.2 Å². The van der Waals surface area contributed by atoms with Crippen LogP contribution in [-0.4, -0.2) is 59.0 Å². The molecule has 1 saturated heterocycles. The van der Waals surface area contributed by atoms with Gasteiger partial charge < -0.3 is 20.5 Å². The minimum atomic E-state index is -2.90. The van der Waals surface area contributed by atoms with Crippen molar-refractivity contribution in [2.75, 3.05) is 29.9 Å². The largest absolute Gasteiger partial charge is 0.505 e. The van der Waals surface area contributed by atoms with E-state index < -0.39 is 15.7 Å². The quantitative estimate of drug-likeness (QED) is 0.567. The van der Waals surface area contributed by atoms with Gasteiger partial charge in [-0.3, -0.25) is 9.69 Å². The van der Waals surface area contributed by atoms with Crippen LogP contribution in [0, 0.1) is 5.92 Å². The Bertz CT molecular complexity index is 966. The number of carbonyl (C=O) groups is 1. The number of aromatic hydroxyl groups is 2. The highest BCUT2D eigenvalue weighted by Crippen LogP contribution is 2.32. The first-order valence-electron chi connectivity index (χ1n) is 9.60. The molecule has 4 N–H and O–H groups in total. The SMILES string of the molecule is CC(C)Cc1[nH]c(O)c(C(=O)Nc2ccc(CN3CCS(=O)(=O)CC3)cc2)c1O. The summed E-state index contributed by atoms with van der Waals surface area (Å²) in [5.74, 6) is -0.562. The molecule has 3 rings (SSSR count). The number of nitrogens with zero attached hydrogens (tertiary/aromatic N) is 1. The van der Waals surface area contributed by atoms with Crippen molar-refractivity contribution in [2.24, 2.45) is 5.92 Å². The lowest BCUT2D eigenvalue weighted by molar-refractivity contribution is 0.102. The molecule has 2 heterocycles. The number of carbonyl (C=O) groups excluding carboxylic acids is 1. The van der Waals surface area contributed by atoms with Crippen molar-refractivity contribution in [3.63, 3.8) is 0 Å². The van der Waals surface area contributed by atoms with Gasteiger partial charge in [0.1, 0.15) is 5.56 Å². The average Bonchev–Trinajstić information content (AvgIpc) is 2.91. The van der Waals surface area contributed by atoms with Crippen LogP contribution in [0.5, 0.6) is 11.6 Å². The van der Waals surface area contributed by atoms with E-state index in [1.165, 1.54) is 0 Å². The molecule has 0 radical (unpaired) electrons. The molecule has 0 spiro atoms. The maximum atomic E-state index is 12.5. The predicted molar refractivity (Wildman–Crippen MR) is 111 cm³/mol. The maximum absolute atomic E-state index is 12.5. The molecule has 0 aliphatic carbocycles. The minimum absolute atomic E-state index is 0.167. The van der Waals surface area contributed by atoms with Crippen molar-refractivity contribution in [3.05, 3.63) is 41.1 Å². The van der Waals surface area contributed by atoms with Crippen LogP contribution in [0.4, 0.5) is 5.69 Å². The van der Waals surface area contributed by atoms with E-state index in [1.54, 1.807) is 12.1 Å². The Labute approximate surface area is 170 Å². The number of amides is 1. The second kappa shape index (κ2) is 8.46. The van der Waals surface area contributed by atoms with Crippen LogP contribution in [-0.2, 0) is 22.8 Å². The van der Waals surface area contributed by atoms with Gasteiger partial charge in [-0.25, -0.2) is 8.42 Å². The molecule has 2 aromatic rings. The standard InChI is InChI=1S/C20H27N3O5S/c1-13(2)11-16-18(24)17(20(26)22-16)19(25)21-15-5-3-14(4-6-15)12-23-7-9-29(27,28)10-8-23/h3-6,13,22,24,26H,7-12H2,1-2H3,(H,21,25). The molecule has 29 heavy (non-hydrogen) atoms. The van der Waals surface area contributed by atoms with Crippen molar-refractivity contribution >= 4 is 21.4 Å². The molecule has 0 unspecified atom stereocenters. The first-order valence-corrected chi connectivity index (χ1v) is 11.4. The fourth-order valence-electron chi connectivity index (χ4n) is 3.35. The molecule has 1 aromatic heterocycles. The monoisotopic (exact) mass is 421 g/mol. The lowest BCUT2D eigenvalue weighted by atomic mass is 10.1. The molecular weight excluding hydrogens is 394 g/mol. The third-order valence-electron chi connectivity index (χ3n) is 4.92. The van der Waals surface area contributed by atoms with E-state index in [0.29, 0.717) is 37.4 Å². The molecule has 158 valence electrons. The summed E-state index contributed by atoms with van der Waals surface area (Å²) in [5.41, 5.74) is 1.81. The molecule has 0 atom stereocenters. The van der Waals surface area contributed by atoms with E-state index in [1.807, 2.05) is 26.0 Å². The van der Waals surface area contributed by atoms with Gasteiger partial charge in [-0.2, -0.15) is 0 Å². The summed E-state index contributed by atoms with van der Waals surface area (Å²) in [5, 5.41) is 23.0. The van der Waals surface area contributed by atoms with Crippen LogP contribution in [0.2, 0.25) is 0 Å². The van der Waals surface area contributed by atoms with Gasteiger partial charge in [0.15, 0.2) is 15.6 Å². The highest BCUT2D eigenvalue weighted by Gasteiger charge is 2.24. The first kappa shape index (κ1) is 21.2. The van der Waals surface area contributed by atoms with Gasteiger partial charge in [-0.15, -0.1) is 0 Å². The summed E-state index contributed by atoms with van der Waals surface area (Å²) >= 11 is 0. The van der Waals surface area contributed by atoms with Gasteiger partial charge in [0, 0.05) is 25.3 Å². The number of rotatable bonds is 6. The number of hydrogen-bond acceptors (Lipinski definition) is 6. The fraction of sp³-hybridized carbons (Fsp3) is 0.450. The predicted octanol–water partition coefficient (Wildman–Crippen LogP) is 2.11. The molecule has 0 bridgehead atoms. The summed E-state index contributed by atoms with van der Waals surface area (Å²) in [6, 6.07) is 7.20. The molecule has 1 aromatic carbocycles. The fourth-order valence-corrected chi connectivity index (χ4v) is 4.63. The smallest absolute Gasteiger partial charge is 0.264 e. The Morgan fingerprint density at radius 1 is 1.17 bits per heavy atom. The summed E-state index contributed by atoms with van der Waals surface area (Å²) < 4.78 is 23.0. The topological polar surface area (TPSA) is 123 Å². The molecule has 1 fully saturated rings. The zero-order valence-electron chi connectivity index (χ0n) is 16.6. The summed E-state index contributed by atoms with van der Waals surface area (Å²) in [4.78, 5) is 17.3. The van der Waals surface area contributed by atoms with Gasteiger partial charge in [0.25, 0.3) is 5.91 Å². The van der Waals surface area contributed by atoms with Crippen molar-refractivity contribution in [1.82, 2.24) is 9.88 Å². The highest BCUT2D eigenvalue weighted by molar-refractivity contribution is 7.91. The van der Waals surface area contributed by atoms with Gasteiger partial charge in [-0.05, 0) is 30.0 Å². The molecule has 9 heteroatoms. The number of hydrogen-bond donors (Lipinski definition) is 4. The third kappa shape index (κ3) is 5.30. The number of aromatic nitrogens is 1. The second-order valence-electron chi connectivity index (χ2n) is 7.85. The highest BCUT2D eigenvalue weighted by atomic mass is 32.2. The van der Waals surface area contributed by atoms with E-state index in [2.05, 4.69) is 15.2 Å². The van der Waals surface area contributed by atoms with E-state index in [9.17, 15) is 23.4 Å². The van der Waals surface area contributed by atoms with E-state index >= 15 is 0 Å². The van der Waals surface area contributed by atoms with E-state index in [4.69, 9.17) is 0 Å². The van der Waals surface area contributed by atoms with Crippen molar-refractivity contribution in [3.8, 4) is 11.6 Å². The summed E-state index contributed by atoms with van der Waals surface area (Å²) in [6.45, 7) is 5.63. The van der Waals surface area contributed by atoms with Crippen LogP contribution >= 0.6 is 0 Å². The van der Waals surface area contributed by atoms with Gasteiger partial charge in [0.2, 0.25) is 5.88 Å². The minimum Gasteiger partial charge on any atom is -0.505 e. The van der Waals surface area contributed by atoms with Crippen molar-refractivity contribution in [2.45, 2.75) is 26.8 Å². The maximum Gasteiger partial charge on any atom is 0.264 e. The van der Waals surface area contributed by atoms with Crippen molar-refractivity contribution < 1.29 is 23.4 Å². The Morgan fingerprint density at radius 3 is 2.38 bits per heavy atom. The molecule has 1 aliphatic heterocycles. The Hall–Kier alpha value is -2.52. The van der Waals surface area contributed by atoms with Gasteiger partial charge >= 0.3 is 0 Å². The number of aromatic amines is 1. The lowest BCUT2D eigenvalue weighted by Gasteiger charge is -2.26. The normalized spacial score (nSPS) is 16.8. The third-order valence-corrected chi connectivity index (χ3v) is 6.53. The number of sulfone groups is 1. The van der Waals surface area contributed by atoms with Crippen LogP contribution in [0.3, 0.4) is 0 Å². The van der Waals surface area contributed by atoms with Crippen LogP contribution in [0.15, 0.2) is 24.3 Å². The van der Waals surface area contributed by atoms with E-state index in [0.717, 1.165) is 5.56 Å². The number of nitrogens with one attached hydrogen (secondary N) is 2. The number of anilines is 1. The zero-order chi connectivity index (χ0) is 21.2. The molecule has 0 saturated carbocycles. The van der Waals surface area contributed by atoms with Crippen LogP contribution in [0.25, 0.3) is 0 Å². The Kier molecular flexibility index (Phi) is 6.18. The van der Waals surface area contributed by atoms with Crippen molar-refractivity contribution in [1.29, 1.82) is 0 Å². The zero-order valence-corrected chi connectivity index (χ0v) is 17.4. The average molecular weight is 422 g/mol. The molecule has 1 amide bonds. The first-order chi connectivity index (χ1) is 13.6. The molecule has 1 aliphatic rings. The second-order valence-corrected chi connectivity index (χ2v) is 10.2. The molecular formula is C20H27N3O5S. The van der Waals surface area contributed by atoms with Crippen LogP contribution < -0.4 is 5.32 Å². The summed E-state index contributed by atoms with van der Waals surface area (Å²) in [7, 11) is -2.90. The number of benzene rings is 1. The van der Waals surface area contributed by atoms with Crippen LogP contribution in [0.1, 0.15) is 35.5 Å². The van der Waals surface area contributed by atoms with Gasteiger partial charge in [-0.1, -0.05) is 26.0 Å². The Morgan fingerprint density at radius 2 is 1.79 bits per heavy atom. The molecule has 8 nitrogen and oxygen atoms in total. The number of H-pyrrole nitrogens is 1. The Balaban J connectivity index is 1.63. The lowest BCUT2D eigenvalue weighted by Crippen LogP contribution is -2.39. The van der Waals surface area contributed by atoms with E-state index in [-0.39, 0.29) is 34.6 Å².